The second-order valence-electron chi connectivity index (χ2n) is 6.72. The number of methoxy groups -OCH3 is 1. The molecule has 1 fully saturated rings. The zero-order chi connectivity index (χ0) is 21.4. The molecule has 11 heteroatoms. The van der Waals surface area contributed by atoms with Crippen LogP contribution in [0.3, 0.4) is 0 Å². The van der Waals surface area contributed by atoms with Gasteiger partial charge in [-0.1, -0.05) is 11.6 Å². The molecule has 1 aliphatic rings. The van der Waals surface area contributed by atoms with Crippen LogP contribution in [0.1, 0.15) is 25.8 Å². The summed E-state index contributed by atoms with van der Waals surface area (Å²) in [6.07, 6.45) is -3.55. The lowest BCUT2D eigenvalue weighted by Gasteiger charge is -2.20. The molecule has 2 N–H and O–H groups in total. The second kappa shape index (κ2) is 12.7. The predicted molar refractivity (Wildman–Crippen MR) is 123 cm³/mol. The maximum absolute atomic E-state index is 12.6. The largest absolute Gasteiger partial charge is 0.493 e. The van der Waals surface area contributed by atoms with Crippen molar-refractivity contribution in [2.75, 3.05) is 39.9 Å². The minimum atomic E-state index is -4.18. The number of guanidine groups is 1. The van der Waals surface area contributed by atoms with Crippen molar-refractivity contribution in [1.82, 2.24) is 15.5 Å². The number of ether oxygens (including phenoxy) is 2. The molecule has 0 radical (unpaired) electrons. The van der Waals surface area contributed by atoms with E-state index in [1.807, 2.05) is 19.9 Å². The fourth-order valence-electron chi connectivity index (χ4n) is 3.18. The number of hydrogen-bond donors (Lipinski definition) is 2. The first-order valence-corrected chi connectivity index (χ1v) is 9.96. The molecule has 30 heavy (non-hydrogen) atoms. The van der Waals surface area contributed by atoms with E-state index in [4.69, 9.17) is 21.1 Å². The van der Waals surface area contributed by atoms with Crippen molar-refractivity contribution in [3.05, 3.63) is 22.7 Å². The van der Waals surface area contributed by atoms with Crippen LogP contribution in [0, 0.1) is 0 Å². The molecule has 0 bridgehead atoms. The van der Waals surface area contributed by atoms with Gasteiger partial charge in [0.25, 0.3) is 0 Å². The lowest BCUT2D eigenvalue weighted by atomic mass is 10.2. The quantitative estimate of drug-likeness (QED) is 0.283. The summed E-state index contributed by atoms with van der Waals surface area (Å²) in [4.78, 5) is 5.94. The van der Waals surface area contributed by atoms with E-state index in [0.717, 1.165) is 5.56 Å². The molecular formula is C19H29ClF3IN4O2. The molecule has 0 spiro atoms. The van der Waals surface area contributed by atoms with Gasteiger partial charge in [0.05, 0.1) is 31.8 Å². The van der Waals surface area contributed by atoms with Crippen LogP contribution in [0.2, 0.25) is 5.02 Å². The molecule has 2 rings (SSSR count). The van der Waals surface area contributed by atoms with Crippen LogP contribution in [0.5, 0.6) is 11.5 Å². The Bertz CT molecular complexity index is 707. The molecule has 1 heterocycles. The lowest BCUT2D eigenvalue weighted by Crippen LogP contribution is -2.45. The van der Waals surface area contributed by atoms with Crippen molar-refractivity contribution in [3.8, 4) is 11.5 Å². The third kappa shape index (κ3) is 8.54. The molecule has 1 saturated heterocycles. The first-order valence-electron chi connectivity index (χ1n) is 9.58. The normalized spacial score (nSPS) is 17.4. The van der Waals surface area contributed by atoms with Gasteiger partial charge < -0.3 is 20.1 Å². The average molecular weight is 565 g/mol. The molecule has 1 unspecified atom stereocenters. The lowest BCUT2D eigenvalue weighted by molar-refractivity contribution is -0.143. The number of benzene rings is 1. The molecule has 1 aromatic rings. The Morgan fingerprint density at radius 3 is 2.67 bits per heavy atom. The van der Waals surface area contributed by atoms with Gasteiger partial charge >= 0.3 is 6.18 Å². The van der Waals surface area contributed by atoms with Gasteiger partial charge in [-0.25, -0.2) is 4.99 Å². The summed E-state index contributed by atoms with van der Waals surface area (Å²) < 4.78 is 48.6. The van der Waals surface area contributed by atoms with Gasteiger partial charge in [0.2, 0.25) is 0 Å². The molecule has 0 saturated carbocycles. The van der Waals surface area contributed by atoms with Crippen molar-refractivity contribution in [1.29, 1.82) is 0 Å². The van der Waals surface area contributed by atoms with Crippen LogP contribution >= 0.6 is 35.6 Å². The average Bonchev–Trinajstić information content (AvgIpc) is 3.06. The van der Waals surface area contributed by atoms with Gasteiger partial charge in [-0.15, -0.1) is 24.0 Å². The molecule has 1 aliphatic heterocycles. The van der Waals surface area contributed by atoms with E-state index in [1.54, 1.807) is 13.2 Å². The smallest absolute Gasteiger partial charge is 0.401 e. The Kier molecular flexibility index (Phi) is 11.3. The Morgan fingerprint density at radius 1 is 1.33 bits per heavy atom. The molecule has 6 nitrogen and oxygen atoms in total. The number of nitrogens with zero attached hydrogens (tertiary/aromatic N) is 2. The number of hydrogen-bond acceptors (Lipinski definition) is 4. The van der Waals surface area contributed by atoms with E-state index >= 15 is 0 Å². The standard InChI is InChI=1S/C19H28ClF3N4O2.HI/c1-4-24-18(26-14-6-7-27(11-14)12-19(21,22)23)25-10-13-8-15(20)17(29-5-2)16(9-13)28-3;/h8-9,14H,4-7,10-12H2,1-3H3,(H2,24,25,26);1H. The van der Waals surface area contributed by atoms with Crippen LogP contribution in [0.15, 0.2) is 17.1 Å². The van der Waals surface area contributed by atoms with Crippen molar-refractivity contribution in [2.45, 2.75) is 39.0 Å². The summed E-state index contributed by atoms with van der Waals surface area (Å²) in [6, 6.07) is 3.49. The number of nitrogens with one attached hydrogen (secondary N) is 2. The molecule has 1 atom stereocenters. The minimum absolute atomic E-state index is 0. The number of halogens is 5. The van der Waals surface area contributed by atoms with Crippen LogP contribution in [-0.4, -0.2) is 63.0 Å². The summed E-state index contributed by atoms with van der Waals surface area (Å²) in [5.74, 6) is 1.57. The zero-order valence-electron chi connectivity index (χ0n) is 17.3. The first kappa shape index (κ1) is 26.9. The summed E-state index contributed by atoms with van der Waals surface area (Å²) in [5.41, 5.74) is 0.831. The van der Waals surface area contributed by atoms with Crippen molar-refractivity contribution < 1.29 is 22.6 Å². The summed E-state index contributed by atoms with van der Waals surface area (Å²) in [5, 5.41) is 6.78. The second-order valence-corrected chi connectivity index (χ2v) is 7.12. The summed E-state index contributed by atoms with van der Waals surface area (Å²) in [7, 11) is 1.54. The van der Waals surface area contributed by atoms with Crippen LogP contribution < -0.4 is 20.1 Å². The molecule has 0 amide bonds. The fourth-order valence-corrected chi connectivity index (χ4v) is 3.47. The van der Waals surface area contributed by atoms with Gasteiger partial charge in [-0.3, -0.25) is 4.90 Å². The van der Waals surface area contributed by atoms with Crippen LogP contribution in [-0.2, 0) is 6.54 Å². The fraction of sp³-hybridized carbons (Fsp3) is 0.632. The van der Waals surface area contributed by atoms with E-state index in [-0.39, 0.29) is 30.0 Å². The Labute approximate surface area is 197 Å². The topological polar surface area (TPSA) is 58.1 Å². The Hall–Kier alpha value is -1.14. The molecular weight excluding hydrogens is 536 g/mol. The number of likely N-dealkylation sites (tertiary alicyclic amines) is 1. The number of alkyl halides is 3. The number of aliphatic imine (C=N–C) groups is 1. The molecule has 1 aromatic carbocycles. The predicted octanol–water partition coefficient (Wildman–Crippen LogP) is 4.06. The highest BCUT2D eigenvalue weighted by Crippen LogP contribution is 2.36. The van der Waals surface area contributed by atoms with Crippen molar-refractivity contribution in [3.63, 3.8) is 0 Å². The molecule has 0 aliphatic carbocycles. The maximum Gasteiger partial charge on any atom is 0.401 e. The minimum Gasteiger partial charge on any atom is -0.493 e. The SMILES string of the molecule is CCNC(=NCc1cc(Cl)c(OCC)c(OC)c1)NC1CCN(CC(F)(F)F)C1.I. The highest BCUT2D eigenvalue weighted by Gasteiger charge is 2.34. The number of rotatable bonds is 8. The van der Waals surface area contributed by atoms with Crippen LogP contribution in [0.4, 0.5) is 13.2 Å². The van der Waals surface area contributed by atoms with Gasteiger partial charge in [-0.05, 0) is 38.0 Å². The maximum atomic E-state index is 12.6. The Balaban J connectivity index is 0.00000450. The van der Waals surface area contributed by atoms with Gasteiger partial charge in [0, 0.05) is 25.7 Å². The third-order valence-corrected chi connectivity index (χ3v) is 4.64. The van der Waals surface area contributed by atoms with Gasteiger partial charge in [0.1, 0.15) is 0 Å². The summed E-state index contributed by atoms with van der Waals surface area (Å²) in [6.45, 7) is 5.07. The van der Waals surface area contributed by atoms with E-state index in [9.17, 15) is 13.2 Å². The van der Waals surface area contributed by atoms with E-state index in [1.165, 1.54) is 4.90 Å². The third-order valence-electron chi connectivity index (χ3n) is 4.36. The highest BCUT2D eigenvalue weighted by atomic mass is 127. The van der Waals surface area contributed by atoms with Crippen molar-refractivity contribution >= 4 is 41.5 Å². The molecule has 172 valence electrons. The van der Waals surface area contributed by atoms with E-state index in [2.05, 4.69) is 15.6 Å². The van der Waals surface area contributed by atoms with E-state index in [0.29, 0.717) is 61.7 Å². The van der Waals surface area contributed by atoms with Gasteiger partial charge in [0.15, 0.2) is 17.5 Å². The van der Waals surface area contributed by atoms with Gasteiger partial charge in [-0.2, -0.15) is 13.2 Å². The highest BCUT2D eigenvalue weighted by molar-refractivity contribution is 14.0. The van der Waals surface area contributed by atoms with Crippen molar-refractivity contribution in [2.24, 2.45) is 4.99 Å². The summed E-state index contributed by atoms with van der Waals surface area (Å²) >= 11 is 6.29. The van der Waals surface area contributed by atoms with Crippen LogP contribution in [0.25, 0.3) is 0 Å². The molecule has 0 aromatic heterocycles. The monoisotopic (exact) mass is 564 g/mol. The zero-order valence-corrected chi connectivity index (χ0v) is 20.4. The Morgan fingerprint density at radius 2 is 2.07 bits per heavy atom. The first-order chi connectivity index (χ1) is 13.8. The van der Waals surface area contributed by atoms with E-state index < -0.39 is 12.7 Å².